The molecule has 0 bridgehead atoms. The second kappa shape index (κ2) is 9.09. The van der Waals surface area contributed by atoms with Crippen LogP contribution >= 0.6 is 0 Å². The number of rotatable bonds is 8. The fourth-order valence-electron chi connectivity index (χ4n) is 3.26. The molecule has 0 aromatic heterocycles. The number of fused-ring (bicyclic) bond motifs is 1. The van der Waals surface area contributed by atoms with Gasteiger partial charge >= 0.3 is 0 Å². The molecule has 28 heavy (non-hydrogen) atoms. The molecule has 0 aliphatic heterocycles. The Labute approximate surface area is 166 Å². The molecule has 2 nitrogen and oxygen atoms in total. The second-order valence-corrected chi connectivity index (χ2v) is 6.84. The van der Waals surface area contributed by atoms with Gasteiger partial charge in [-0.1, -0.05) is 72.8 Å². The van der Waals surface area contributed by atoms with E-state index in [1.165, 1.54) is 21.9 Å². The van der Waals surface area contributed by atoms with E-state index in [0.29, 0.717) is 13.2 Å². The Kier molecular flexibility index (Phi) is 5.89. The Morgan fingerprint density at radius 2 is 0.929 bits per heavy atom. The summed E-state index contributed by atoms with van der Waals surface area (Å²) in [5.41, 5.74) is 2.59. The fraction of sp³-hybridized carbons (Fsp3) is 0.154. The van der Waals surface area contributed by atoms with E-state index in [-0.39, 0.29) is 0 Å². The summed E-state index contributed by atoms with van der Waals surface area (Å²) in [5.74, 6) is 1.84. The molecule has 140 valence electrons. The van der Waals surface area contributed by atoms with Gasteiger partial charge in [-0.3, -0.25) is 0 Å². The monoisotopic (exact) mass is 368 g/mol. The summed E-state index contributed by atoms with van der Waals surface area (Å²) in [6, 6.07) is 33.2. The average molecular weight is 368 g/mol. The molecule has 4 aromatic carbocycles. The zero-order valence-electron chi connectivity index (χ0n) is 15.9. The van der Waals surface area contributed by atoms with Crippen LogP contribution in [-0.4, -0.2) is 13.2 Å². The molecule has 0 fully saturated rings. The molecule has 0 amide bonds. The Balaban J connectivity index is 1.36. The van der Waals surface area contributed by atoms with Crippen molar-refractivity contribution < 1.29 is 9.47 Å². The first kappa shape index (κ1) is 18.1. The van der Waals surface area contributed by atoms with E-state index in [2.05, 4.69) is 36.4 Å². The van der Waals surface area contributed by atoms with E-state index in [1.807, 2.05) is 60.7 Å². The lowest BCUT2D eigenvalue weighted by Gasteiger charge is -2.09. The van der Waals surface area contributed by atoms with Gasteiger partial charge in [0.05, 0.1) is 13.2 Å². The van der Waals surface area contributed by atoms with Crippen LogP contribution < -0.4 is 9.47 Å². The molecule has 0 aliphatic carbocycles. The van der Waals surface area contributed by atoms with Crippen LogP contribution in [0.25, 0.3) is 10.8 Å². The molecule has 4 rings (SSSR count). The quantitative estimate of drug-likeness (QED) is 0.375. The van der Waals surface area contributed by atoms with Gasteiger partial charge in [0.2, 0.25) is 0 Å². The summed E-state index contributed by atoms with van der Waals surface area (Å²) < 4.78 is 11.6. The van der Waals surface area contributed by atoms with Crippen molar-refractivity contribution in [3.8, 4) is 11.5 Å². The van der Waals surface area contributed by atoms with Crippen LogP contribution in [0.4, 0.5) is 0 Å². The highest BCUT2D eigenvalue weighted by Crippen LogP contribution is 2.20. The van der Waals surface area contributed by atoms with Gasteiger partial charge in [0.15, 0.2) is 0 Å². The van der Waals surface area contributed by atoms with Crippen LogP contribution in [0.5, 0.6) is 11.5 Å². The maximum Gasteiger partial charge on any atom is 0.119 e. The first-order chi connectivity index (χ1) is 13.9. The molecule has 0 N–H and O–H groups in total. The number of para-hydroxylation sites is 2. The van der Waals surface area contributed by atoms with Crippen LogP contribution in [-0.2, 0) is 12.8 Å². The van der Waals surface area contributed by atoms with E-state index in [0.717, 1.165) is 24.3 Å². The summed E-state index contributed by atoms with van der Waals surface area (Å²) >= 11 is 0. The molecule has 0 spiro atoms. The summed E-state index contributed by atoms with van der Waals surface area (Å²) in [4.78, 5) is 0. The molecule has 0 unspecified atom stereocenters. The molecular formula is C26H24O2. The van der Waals surface area contributed by atoms with E-state index in [1.54, 1.807) is 0 Å². The third-order valence-corrected chi connectivity index (χ3v) is 4.77. The molecule has 0 heterocycles. The number of hydrogen-bond acceptors (Lipinski definition) is 2. The highest BCUT2D eigenvalue weighted by atomic mass is 16.5. The van der Waals surface area contributed by atoms with Crippen molar-refractivity contribution in [1.82, 2.24) is 0 Å². The number of hydrogen-bond donors (Lipinski definition) is 0. The first-order valence-corrected chi connectivity index (χ1v) is 9.74. The van der Waals surface area contributed by atoms with E-state index in [4.69, 9.17) is 9.47 Å². The lowest BCUT2D eigenvalue weighted by Crippen LogP contribution is -2.02. The summed E-state index contributed by atoms with van der Waals surface area (Å²) in [5, 5.41) is 2.54. The van der Waals surface area contributed by atoms with Crippen molar-refractivity contribution >= 4 is 10.8 Å². The normalized spacial score (nSPS) is 10.7. The molecular weight excluding hydrogens is 344 g/mol. The van der Waals surface area contributed by atoms with Crippen molar-refractivity contribution in [3.63, 3.8) is 0 Å². The van der Waals surface area contributed by atoms with Gasteiger partial charge in [0.25, 0.3) is 0 Å². The van der Waals surface area contributed by atoms with Gasteiger partial charge in [-0.15, -0.1) is 0 Å². The predicted octanol–water partition coefficient (Wildman–Crippen LogP) is 6.08. The van der Waals surface area contributed by atoms with Gasteiger partial charge in [-0.05, 0) is 46.2 Å². The molecule has 0 atom stereocenters. The highest BCUT2D eigenvalue weighted by Gasteiger charge is 2.01. The molecule has 4 aromatic rings. The van der Waals surface area contributed by atoms with Crippen LogP contribution in [0.3, 0.4) is 0 Å². The molecule has 0 aliphatic rings. The lowest BCUT2D eigenvalue weighted by molar-refractivity contribution is 0.322. The summed E-state index contributed by atoms with van der Waals surface area (Å²) in [7, 11) is 0. The zero-order chi connectivity index (χ0) is 19.0. The standard InChI is InChI=1S/C26H24O2/c1-3-7-25(8-4-1)27-17-15-21-11-13-23-14-12-22(20-24(23)19-21)16-18-28-26-9-5-2-6-10-26/h1-14,19-20H,15-18H2. The van der Waals surface area contributed by atoms with Crippen molar-refractivity contribution in [2.45, 2.75) is 12.8 Å². The maximum atomic E-state index is 5.82. The molecule has 0 saturated carbocycles. The average Bonchev–Trinajstić information content (AvgIpc) is 2.75. The fourth-order valence-corrected chi connectivity index (χ4v) is 3.26. The third kappa shape index (κ3) is 4.92. The maximum absolute atomic E-state index is 5.82. The Bertz CT molecular complexity index is 930. The topological polar surface area (TPSA) is 18.5 Å². The van der Waals surface area contributed by atoms with E-state index in [9.17, 15) is 0 Å². The number of benzene rings is 4. The molecule has 0 radical (unpaired) electrons. The Morgan fingerprint density at radius 1 is 0.464 bits per heavy atom. The van der Waals surface area contributed by atoms with Gasteiger partial charge in [0.1, 0.15) is 11.5 Å². The smallest absolute Gasteiger partial charge is 0.119 e. The van der Waals surface area contributed by atoms with Crippen LogP contribution in [0.1, 0.15) is 11.1 Å². The minimum Gasteiger partial charge on any atom is -0.493 e. The van der Waals surface area contributed by atoms with Crippen molar-refractivity contribution in [2.24, 2.45) is 0 Å². The minimum atomic E-state index is 0.681. The first-order valence-electron chi connectivity index (χ1n) is 9.74. The van der Waals surface area contributed by atoms with Gasteiger partial charge in [-0.25, -0.2) is 0 Å². The number of ether oxygens (including phenoxy) is 2. The minimum absolute atomic E-state index is 0.681. The van der Waals surface area contributed by atoms with Gasteiger partial charge in [-0.2, -0.15) is 0 Å². The molecule has 0 saturated heterocycles. The van der Waals surface area contributed by atoms with Crippen LogP contribution in [0.2, 0.25) is 0 Å². The van der Waals surface area contributed by atoms with Crippen LogP contribution in [0.15, 0.2) is 97.1 Å². The van der Waals surface area contributed by atoms with Crippen molar-refractivity contribution in [2.75, 3.05) is 13.2 Å². The summed E-state index contributed by atoms with van der Waals surface area (Å²) in [6.07, 6.45) is 1.79. The van der Waals surface area contributed by atoms with Crippen molar-refractivity contribution in [3.05, 3.63) is 108 Å². The van der Waals surface area contributed by atoms with E-state index >= 15 is 0 Å². The van der Waals surface area contributed by atoms with Gasteiger partial charge in [0, 0.05) is 12.8 Å². The SMILES string of the molecule is c1ccc(OCCc2ccc3ccc(CCOc4ccccc4)cc3c2)cc1. The predicted molar refractivity (Wildman–Crippen MR) is 115 cm³/mol. The van der Waals surface area contributed by atoms with Gasteiger partial charge < -0.3 is 9.47 Å². The second-order valence-electron chi connectivity index (χ2n) is 6.84. The molecule has 2 heteroatoms. The highest BCUT2D eigenvalue weighted by molar-refractivity contribution is 5.83. The largest absolute Gasteiger partial charge is 0.493 e. The van der Waals surface area contributed by atoms with Crippen LogP contribution in [0, 0.1) is 0 Å². The van der Waals surface area contributed by atoms with Crippen molar-refractivity contribution in [1.29, 1.82) is 0 Å². The third-order valence-electron chi connectivity index (χ3n) is 4.77. The summed E-state index contributed by atoms with van der Waals surface area (Å²) in [6.45, 7) is 1.36. The Hall–Kier alpha value is -3.26. The zero-order valence-corrected chi connectivity index (χ0v) is 15.9. The van der Waals surface area contributed by atoms with E-state index < -0.39 is 0 Å². The lowest BCUT2D eigenvalue weighted by atomic mass is 10.0. The Morgan fingerprint density at radius 3 is 1.39 bits per heavy atom.